The molecular formula is C28H36O2. The summed E-state index contributed by atoms with van der Waals surface area (Å²) in [6.07, 6.45) is 5.63. The van der Waals surface area contributed by atoms with Crippen molar-refractivity contribution in [2.45, 2.75) is 78.6 Å². The Balaban J connectivity index is 2.01. The minimum absolute atomic E-state index is 0.194. The fourth-order valence-electron chi connectivity index (χ4n) is 5.16. The number of aryl methyl sites for hydroxylation is 1. The number of ether oxygens (including phenoxy) is 1. The van der Waals surface area contributed by atoms with Gasteiger partial charge in [-0.1, -0.05) is 71.4 Å². The van der Waals surface area contributed by atoms with Gasteiger partial charge < -0.3 is 4.74 Å². The van der Waals surface area contributed by atoms with Gasteiger partial charge in [0.1, 0.15) is 0 Å². The molecular weight excluding hydrogens is 368 g/mol. The molecule has 160 valence electrons. The Bertz CT molecular complexity index is 959. The molecule has 0 aliphatic heterocycles. The van der Waals surface area contributed by atoms with E-state index in [1.807, 2.05) is 31.2 Å². The van der Waals surface area contributed by atoms with E-state index in [2.05, 4.69) is 59.8 Å². The van der Waals surface area contributed by atoms with E-state index in [0.29, 0.717) is 12.2 Å². The molecule has 2 heteroatoms. The number of carbonyl (C=O) groups excluding carboxylic acids is 1. The Kier molecular flexibility index (Phi) is 6.26. The van der Waals surface area contributed by atoms with Crippen LogP contribution in [0.3, 0.4) is 0 Å². The molecule has 3 rings (SSSR count). The average molecular weight is 405 g/mol. The molecule has 0 saturated carbocycles. The largest absolute Gasteiger partial charge is 0.462 e. The Morgan fingerprint density at radius 3 is 2.17 bits per heavy atom. The third-order valence-corrected chi connectivity index (χ3v) is 6.33. The van der Waals surface area contributed by atoms with Crippen LogP contribution in [0.1, 0.15) is 99.5 Å². The quantitative estimate of drug-likeness (QED) is 0.372. The van der Waals surface area contributed by atoms with Crippen molar-refractivity contribution in [1.82, 2.24) is 0 Å². The van der Waals surface area contributed by atoms with Crippen molar-refractivity contribution >= 4 is 17.6 Å². The van der Waals surface area contributed by atoms with E-state index in [0.717, 1.165) is 18.4 Å². The van der Waals surface area contributed by atoms with Crippen molar-refractivity contribution in [2.75, 3.05) is 6.61 Å². The van der Waals surface area contributed by atoms with Crippen LogP contribution in [0.2, 0.25) is 0 Å². The first kappa shape index (κ1) is 22.3. The molecule has 0 aromatic heterocycles. The maximum Gasteiger partial charge on any atom is 0.338 e. The molecule has 1 aliphatic carbocycles. The summed E-state index contributed by atoms with van der Waals surface area (Å²) >= 11 is 0. The zero-order valence-corrected chi connectivity index (χ0v) is 19.7. The van der Waals surface area contributed by atoms with Crippen LogP contribution < -0.4 is 0 Å². The van der Waals surface area contributed by atoms with Crippen LogP contribution in [0.5, 0.6) is 0 Å². The topological polar surface area (TPSA) is 26.3 Å². The fourth-order valence-corrected chi connectivity index (χ4v) is 5.16. The Morgan fingerprint density at radius 1 is 1.00 bits per heavy atom. The van der Waals surface area contributed by atoms with E-state index in [4.69, 9.17) is 4.74 Å². The summed E-state index contributed by atoms with van der Waals surface area (Å²) in [4.78, 5) is 11.9. The Morgan fingerprint density at radius 2 is 1.60 bits per heavy atom. The van der Waals surface area contributed by atoms with E-state index in [-0.39, 0.29) is 16.8 Å². The van der Waals surface area contributed by atoms with Crippen LogP contribution in [0, 0.1) is 0 Å². The molecule has 2 nitrogen and oxygen atoms in total. The van der Waals surface area contributed by atoms with Crippen molar-refractivity contribution in [3.8, 4) is 0 Å². The van der Waals surface area contributed by atoms with E-state index in [1.165, 1.54) is 34.2 Å². The van der Waals surface area contributed by atoms with Gasteiger partial charge >= 0.3 is 5.97 Å². The summed E-state index contributed by atoms with van der Waals surface area (Å²) in [5.41, 5.74) is 9.20. The summed E-state index contributed by atoms with van der Waals surface area (Å²) < 4.78 is 5.09. The highest BCUT2D eigenvalue weighted by molar-refractivity contribution is 5.90. The van der Waals surface area contributed by atoms with Gasteiger partial charge in [0.15, 0.2) is 0 Å². The van der Waals surface area contributed by atoms with Gasteiger partial charge in [-0.2, -0.15) is 0 Å². The first-order valence-corrected chi connectivity index (χ1v) is 11.2. The van der Waals surface area contributed by atoms with Crippen LogP contribution in [-0.4, -0.2) is 12.6 Å². The summed E-state index contributed by atoms with van der Waals surface area (Å²) in [6.45, 7) is 16.2. The smallest absolute Gasteiger partial charge is 0.338 e. The van der Waals surface area contributed by atoms with Gasteiger partial charge in [0.05, 0.1) is 12.2 Å². The normalized spacial score (nSPS) is 17.0. The molecule has 0 radical (unpaired) electrons. The van der Waals surface area contributed by atoms with Crippen molar-refractivity contribution in [3.05, 3.63) is 69.8 Å². The summed E-state index contributed by atoms with van der Waals surface area (Å²) in [5.74, 6) is -0.265. The molecule has 2 aromatic rings. The molecule has 0 unspecified atom stereocenters. The molecule has 0 bridgehead atoms. The molecule has 0 saturated heterocycles. The molecule has 0 spiro atoms. The second-order valence-corrected chi connectivity index (χ2v) is 9.92. The van der Waals surface area contributed by atoms with Crippen LogP contribution in [0.4, 0.5) is 0 Å². The van der Waals surface area contributed by atoms with Crippen molar-refractivity contribution in [3.63, 3.8) is 0 Å². The molecule has 0 fully saturated rings. The minimum atomic E-state index is -0.265. The summed E-state index contributed by atoms with van der Waals surface area (Å²) in [5, 5.41) is 0. The second kappa shape index (κ2) is 8.41. The molecule has 0 atom stereocenters. The number of benzene rings is 2. The number of hydrogen-bond acceptors (Lipinski definition) is 2. The first-order valence-electron chi connectivity index (χ1n) is 11.2. The molecule has 2 aromatic carbocycles. The lowest BCUT2D eigenvalue weighted by Crippen LogP contribution is -2.18. The van der Waals surface area contributed by atoms with Crippen LogP contribution >= 0.6 is 0 Å². The molecule has 1 aliphatic rings. The number of esters is 1. The molecule has 0 amide bonds. The standard InChI is InChI=1S/C28H36O2/c1-8-10-22-16-24-25(28(6,7)18-27(24,4)5)17-23(22)19(3)15-20-11-13-21(14-12-20)26(29)30-9-2/h11-17H,8-10,18H2,1-7H3/b19-15+. The van der Waals surface area contributed by atoms with Gasteiger partial charge in [0.2, 0.25) is 0 Å². The van der Waals surface area contributed by atoms with Crippen molar-refractivity contribution in [1.29, 1.82) is 0 Å². The highest BCUT2D eigenvalue weighted by Gasteiger charge is 2.42. The van der Waals surface area contributed by atoms with Crippen LogP contribution in [0.15, 0.2) is 36.4 Å². The number of rotatable bonds is 6. The highest BCUT2D eigenvalue weighted by atomic mass is 16.5. The third kappa shape index (κ3) is 4.38. The van der Waals surface area contributed by atoms with E-state index >= 15 is 0 Å². The van der Waals surface area contributed by atoms with Gasteiger partial charge in [0, 0.05) is 0 Å². The number of allylic oxidation sites excluding steroid dienone is 1. The first-order chi connectivity index (χ1) is 14.1. The second-order valence-electron chi connectivity index (χ2n) is 9.92. The van der Waals surface area contributed by atoms with Gasteiger partial charge in [-0.15, -0.1) is 0 Å². The molecule has 30 heavy (non-hydrogen) atoms. The molecule has 0 heterocycles. The van der Waals surface area contributed by atoms with Gasteiger partial charge in [-0.25, -0.2) is 4.79 Å². The van der Waals surface area contributed by atoms with E-state index in [1.54, 1.807) is 0 Å². The Hall–Kier alpha value is -2.35. The maximum atomic E-state index is 11.9. The number of carbonyl (C=O) groups is 1. The van der Waals surface area contributed by atoms with Gasteiger partial charge in [-0.3, -0.25) is 0 Å². The number of fused-ring (bicyclic) bond motifs is 1. The predicted molar refractivity (Wildman–Crippen MR) is 127 cm³/mol. The summed E-state index contributed by atoms with van der Waals surface area (Å²) in [6, 6.07) is 12.6. The Labute approximate surface area is 182 Å². The van der Waals surface area contributed by atoms with Crippen LogP contribution in [-0.2, 0) is 22.0 Å². The fraction of sp³-hybridized carbons (Fsp3) is 0.464. The summed E-state index contributed by atoms with van der Waals surface area (Å²) in [7, 11) is 0. The third-order valence-electron chi connectivity index (χ3n) is 6.33. The molecule has 0 N–H and O–H groups in total. The van der Waals surface area contributed by atoms with Gasteiger partial charge in [-0.05, 0) is 83.0 Å². The predicted octanol–water partition coefficient (Wildman–Crippen LogP) is 7.34. The monoisotopic (exact) mass is 404 g/mol. The zero-order valence-electron chi connectivity index (χ0n) is 19.7. The average Bonchev–Trinajstić information content (AvgIpc) is 2.85. The van der Waals surface area contributed by atoms with E-state index in [9.17, 15) is 4.79 Å². The van der Waals surface area contributed by atoms with E-state index < -0.39 is 0 Å². The van der Waals surface area contributed by atoms with Crippen molar-refractivity contribution < 1.29 is 9.53 Å². The highest BCUT2D eigenvalue weighted by Crippen LogP contribution is 2.50. The lowest BCUT2D eigenvalue weighted by atomic mass is 9.82. The lowest BCUT2D eigenvalue weighted by molar-refractivity contribution is 0.0526. The maximum absolute atomic E-state index is 11.9. The minimum Gasteiger partial charge on any atom is -0.462 e. The van der Waals surface area contributed by atoms with Crippen LogP contribution in [0.25, 0.3) is 11.6 Å². The van der Waals surface area contributed by atoms with Crippen molar-refractivity contribution in [2.24, 2.45) is 0 Å². The SMILES string of the molecule is CCCc1cc2c(cc1/C(C)=C/c1ccc(C(=O)OCC)cc1)C(C)(C)CC2(C)C. The lowest BCUT2D eigenvalue weighted by Gasteiger charge is -2.22. The zero-order chi connectivity index (χ0) is 22.1. The number of hydrogen-bond donors (Lipinski definition) is 0. The van der Waals surface area contributed by atoms with Gasteiger partial charge in [0.25, 0.3) is 0 Å².